The Morgan fingerprint density at radius 3 is 1.64 bits per heavy atom. The van der Waals surface area contributed by atoms with Gasteiger partial charge in [0.15, 0.2) is 10.8 Å². The molecule has 5 aromatic carbocycles. The predicted molar refractivity (Wildman–Crippen MR) is 283 cm³/mol. The number of anilines is 5. The second-order valence-electron chi connectivity index (χ2n) is 15.7. The molecule has 5 aromatic rings. The lowest BCUT2D eigenvalue weighted by Gasteiger charge is -2.29. The molecule has 0 bridgehead atoms. The van der Waals surface area contributed by atoms with E-state index in [-0.39, 0.29) is 39.6 Å². The molecule has 0 unspecified atom stereocenters. The van der Waals surface area contributed by atoms with Gasteiger partial charge in [0.05, 0.1) is 37.1 Å². The van der Waals surface area contributed by atoms with E-state index in [4.69, 9.17) is 61.5 Å². The highest BCUT2D eigenvalue weighted by Gasteiger charge is 2.50. The number of Topliss-reactive ketones (excluding diaryl/α,β-unsaturated/α-hetero) is 1. The van der Waals surface area contributed by atoms with Crippen LogP contribution in [-0.4, -0.2) is 79.5 Å². The highest BCUT2D eigenvalue weighted by Crippen LogP contribution is 2.38. The van der Waals surface area contributed by atoms with Crippen LogP contribution < -0.4 is 47.9 Å². The molecule has 0 aliphatic carbocycles. The van der Waals surface area contributed by atoms with Crippen LogP contribution >= 0.6 is 12.2 Å². The van der Waals surface area contributed by atoms with Gasteiger partial charge in [-0.2, -0.15) is 0 Å². The van der Waals surface area contributed by atoms with Gasteiger partial charge in [-0.05, 0) is 137 Å². The number of nitrogens with zero attached hydrogens (tertiary/aromatic N) is 4. The van der Waals surface area contributed by atoms with Gasteiger partial charge in [0.25, 0.3) is 35.2 Å². The quantitative estimate of drug-likeness (QED) is 0.0338. The first-order valence-electron chi connectivity index (χ1n) is 29.5. The molecule has 1 fully saturated rings. The summed E-state index contributed by atoms with van der Waals surface area (Å²) in [7, 11) is 0. The molecule has 1 heterocycles. The molecule has 1 saturated heterocycles. The Morgan fingerprint density at radius 1 is 0.689 bits per heavy atom. The zero-order valence-electron chi connectivity index (χ0n) is 58.0. The first kappa shape index (κ1) is 37.8. The molecule has 0 aromatic heterocycles. The summed E-state index contributed by atoms with van der Waals surface area (Å²) in [5.41, 5.74) is 5.90. The molecule has 0 spiro atoms. The highest BCUT2D eigenvalue weighted by atomic mass is 32.1. The van der Waals surface area contributed by atoms with Crippen molar-refractivity contribution in [2.75, 3.05) is 54.5 Å². The van der Waals surface area contributed by atoms with Gasteiger partial charge in [-0.15, -0.1) is 0 Å². The molecular formula is C52H57F4N11O6S. The van der Waals surface area contributed by atoms with E-state index in [9.17, 15) is 41.9 Å². The lowest BCUT2D eigenvalue weighted by molar-refractivity contribution is -0.120. The van der Waals surface area contributed by atoms with Crippen LogP contribution in [0.3, 0.4) is 0 Å². The van der Waals surface area contributed by atoms with Crippen molar-refractivity contribution < 1.29 is 71.0 Å². The SMILES string of the molecule is CC(C)=O.[2H]C([2H])([2H])NC(=O)c1ccc(N)cc1F.[2H]c1cc(C(=O)NC([2H])([2H])[2H])c(F)c([2H])c1N.[2H]c1cc(C(=O)NC([2H])([2H])[2H])c(F)c([2H])c1N1C(=S)N(c2ccc([N+]#[C-])c(C)c2)C(=O)C1(C)C.[2H]c1cc(C(=O)NC([2H])([2H])[2H])c(F)c([2H])c1NC(C)(C)[N+]#[C-]. The van der Waals surface area contributed by atoms with Crippen LogP contribution in [0.5, 0.6) is 0 Å². The number of nitrogens with two attached hydrogens (primary N) is 2. The number of benzene rings is 5. The number of hydrogen-bond donors (Lipinski definition) is 7. The Labute approximate surface area is 457 Å². The number of nitrogen functional groups attached to an aromatic ring is 2. The second-order valence-corrected chi connectivity index (χ2v) is 16.1. The van der Waals surface area contributed by atoms with E-state index < -0.39 is 144 Å². The summed E-state index contributed by atoms with van der Waals surface area (Å²) < 4.78 is 185. The third kappa shape index (κ3) is 16.3. The van der Waals surface area contributed by atoms with Crippen LogP contribution in [-0.2, 0) is 9.59 Å². The maximum Gasteiger partial charge on any atom is 0.299 e. The van der Waals surface area contributed by atoms with Gasteiger partial charge < -0.3 is 47.7 Å². The fraction of sp³-hybridized carbons (Fsp3) is 0.250. The first-order chi connectivity index (χ1) is 41.6. The maximum absolute atomic E-state index is 15.0. The van der Waals surface area contributed by atoms with Crippen molar-refractivity contribution in [3.63, 3.8) is 0 Å². The van der Waals surface area contributed by atoms with Gasteiger partial charge in [-0.1, -0.05) is 6.07 Å². The van der Waals surface area contributed by atoms with Crippen LogP contribution in [0, 0.1) is 43.3 Å². The molecule has 6 rings (SSSR count). The highest BCUT2D eigenvalue weighted by molar-refractivity contribution is 7.81. The van der Waals surface area contributed by atoms with Crippen molar-refractivity contribution in [2.45, 2.75) is 59.7 Å². The van der Waals surface area contributed by atoms with Crippen molar-refractivity contribution in [1.29, 1.82) is 0 Å². The van der Waals surface area contributed by atoms with Crippen LogP contribution in [0.1, 0.15) is 113 Å². The monoisotopic (exact) mass is 1060 g/mol. The van der Waals surface area contributed by atoms with Gasteiger partial charge >= 0.3 is 0 Å². The van der Waals surface area contributed by atoms with E-state index in [0.717, 1.165) is 30.3 Å². The molecule has 0 atom stereocenters. The summed E-state index contributed by atoms with van der Waals surface area (Å²) in [5, 5.41) is 8.89. The van der Waals surface area contributed by atoms with Crippen molar-refractivity contribution >= 4 is 86.8 Å². The first-order valence-corrected chi connectivity index (χ1v) is 20.9. The van der Waals surface area contributed by atoms with Gasteiger partial charge in [0, 0.05) is 86.6 Å². The van der Waals surface area contributed by atoms with E-state index in [1.54, 1.807) is 34.3 Å². The standard InChI is InChI=1S/C21H19FN4O2S.C12H14FN3O.2C8H9FN2O.C3H6O/c1-12-10-13(7-9-17(12)23-4)25-19(28)21(2,3)26(20(25)29)14-6-8-15(16(22)11-14)18(27)24-5;1-12(2,15-4)16-8-5-6-9(10(13)7-8)11(17)14-3;2*1-11-8(12)6-3-2-5(10)4-7(6)9;1-3(2)4/h6-11H,1-3,5H3,(H,24,27);5-7,16H,1-3H3,(H,14,17);2*2-4H,10H2,1H3,(H,11,12);1-2H3/i5D3,6D,11D;3D3,5D,7D;1D3,2D,4D;1D3;. The van der Waals surface area contributed by atoms with Gasteiger partial charge in [0.1, 0.15) is 34.6 Å². The summed E-state index contributed by atoms with van der Waals surface area (Å²) in [5.74, 6) is -9.81. The van der Waals surface area contributed by atoms with Crippen molar-refractivity contribution in [2.24, 2.45) is 0 Å². The average molecular weight is 1060 g/mol. The third-order valence-corrected chi connectivity index (χ3v) is 9.45. The van der Waals surface area contributed by atoms with E-state index >= 15 is 4.39 Å². The number of carbonyl (C=O) groups is 6. The summed E-state index contributed by atoms with van der Waals surface area (Å²) >= 11 is 5.50. The molecule has 74 heavy (non-hydrogen) atoms. The van der Waals surface area contributed by atoms with Crippen molar-refractivity contribution in [3.8, 4) is 0 Å². The lowest BCUT2D eigenvalue weighted by Crippen LogP contribution is -2.44. The fourth-order valence-electron chi connectivity index (χ4n) is 5.57. The summed E-state index contributed by atoms with van der Waals surface area (Å²) in [6.45, 7) is 13.8. The van der Waals surface area contributed by atoms with E-state index in [0.29, 0.717) is 16.9 Å². The second kappa shape index (κ2) is 27.1. The summed E-state index contributed by atoms with van der Waals surface area (Å²) in [6.07, 6.45) is 0. The zero-order valence-corrected chi connectivity index (χ0v) is 40.8. The van der Waals surface area contributed by atoms with Gasteiger partial charge in [-0.3, -0.25) is 33.7 Å². The van der Waals surface area contributed by atoms with Crippen molar-refractivity contribution in [3.05, 3.63) is 165 Å². The number of hydrogen-bond acceptors (Lipinski definition) is 10. The fourth-order valence-corrected chi connectivity index (χ4v) is 6.08. The topological polar surface area (TPSA) is 230 Å². The van der Waals surface area contributed by atoms with Crippen molar-refractivity contribution in [1.82, 2.24) is 21.3 Å². The predicted octanol–water partition coefficient (Wildman–Crippen LogP) is 8.34. The van der Waals surface area contributed by atoms with E-state index in [1.807, 2.05) is 0 Å². The summed E-state index contributed by atoms with van der Waals surface area (Å²) in [6, 6.07) is 6.72. The van der Waals surface area contributed by atoms with E-state index in [2.05, 4.69) is 15.0 Å². The number of aryl methyl sites for hydroxylation is 1. The minimum atomic E-state index is -2.89. The molecule has 1 aliphatic rings. The lowest BCUT2D eigenvalue weighted by atomic mass is 10.0. The average Bonchev–Trinajstić information content (AvgIpc) is 1.57. The molecule has 9 N–H and O–H groups in total. The van der Waals surface area contributed by atoms with Crippen LogP contribution in [0.4, 0.5) is 51.7 Å². The smallest absolute Gasteiger partial charge is 0.299 e. The Bertz CT molecular complexity index is 3820. The third-order valence-electron chi connectivity index (χ3n) is 9.09. The largest absolute Gasteiger partial charge is 0.399 e. The normalized spacial score (nSPS) is 16.1. The Hall–Kier alpha value is -8.89. The molecule has 17 nitrogen and oxygen atoms in total. The number of thiocarbonyl (C=S) groups is 1. The van der Waals surface area contributed by atoms with E-state index in [1.165, 1.54) is 69.5 Å². The number of amides is 5. The van der Waals surface area contributed by atoms with Crippen LogP contribution in [0.25, 0.3) is 9.69 Å². The maximum atomic E-state index is 15.0. The molecule has 0 saturated carbocycles. The minimum absolute atomic E-state index is 0.119. The van der Waals surface area contributed by atoms with Crippen LogP contribution in [0.2, 0.25) is 0 Å². The van der Waals surface area contributed by atoms with Crippen LogP contribution in [0.15, 0.2) is 90.9 Å². The number of nitrogens with one attached hydrogen (secondary N) is 5. The number of carbonyl (C=O) groups excluding carboxylic acids is 6. The summed E-state index contributed by atoms with van der Waals surface area (Å²) in [4.78, 5) is 78.2. The molecule has 5 amide bonds. The number of ketones is 1. The molecular weight excluding hydrogens is 983 g/mol. The zero-order chi connectivity index (χ0) is 71.6. The molecule has 0 radical (unpaired) electrons. The Balaban J connectivity index is 0.000000431. The van der Waals surface area contributed by atoms with Gasteiger partial charge in [-0.25, -0.2) is 29.0 Å². The molecule has 1 aliphatic heterocycles. The number of rotatable bonds is 8. The Kier molecular flexibility index (Phi) is 13.8. The molecule has 390 valence electrons. The van der Waals surface area contributed by atoms with Gasteiger partial charge in [0.2, 0.25) is 0 Å². The minimum Gasteiger partial charge on any atom is -0.399 e. The Morgan fingerprint density at radius 2 is 1.16 bits per heavy atom. The number of halogens is 4. The molecule has 22 heteroatoms.